The number of carbonyl (C=O) groups is 3. The summed E-state index contributed by atoms with van der Waals surface area (Å²) >= 11 is 6.45. The van der Waals surface area contributed by atoms with Gasteiger partial charge >= 0.3 is 6.18 Å². The lowest BCUT2D eigenvalue weighted by molar-refractivity contribution is -0.137. The maximum Gasteiger partial charge on any atom is 0.417 e. The van der Waals surface area contributed by atoms with Crippen molar-refractivity contribution in [3.63, 3.8) is 0 Å². The number of aromatic nitrogens is 3. The van der Waals surface area contributed by atoms with Crippen LogP contribution in [0.15, 0.2) is 30.7 Å². The van der Waals surface area contributed by atoms with Crippen molar-refractivity contribution in [1.29, 1.82) is 0 Å². The van der Waals surface area contributed by atoms with E-state index in [9.17, 15) is 32.7 Å². The van der Waals surface area contributed by atoms with Crippen LogP contribution < -0.4 is 16.0 Å². The monoisotopic (exact) mass is 514 g/mol. The van der Waals surface area contributed by atoms with Crippen molar-refractivity contribution >= 4 is 46.3 Å². The number of nitrogens with one attached hydrogen (secondary N) is 3. The zero-order valence-electron chi connectivity index (χ0n) is 17.0. The molecule has 0 fully saturated rings. The molecule has 3 rings (SSSR count). The predicted octanol–water partition coefficient (Wildman–Crippen LogP) is 2.85. The zero-order chi connectivity index (χ0) is 25.0. The normalized spacial score (nSPS) is 11.1. The molecule has 0 saturated carbocycles. The fraction of sp³-hybridized carbons (Fsp3) is 0.158. The van der Waals surface area contributed by atoms with Crippen LogP contribution in [-0.2, 0) is 12.7 Å². The Morgan fingerprint density at radius 3 is 2.41 bits per heavy atom. The van der Waals surface area contributed by atoms with Crippen molar-refractivity contribution < 1.29 is 32.7 Å². The Morgan fingerprint density at radius 1 is 1.09 bits per heavy atom. The lowest BCUT2D eigenvalue weighted by Gasteiger charge is -2.11. The summed E-state index contributed by atoms with van der Waals surface area (Å²) in [6.07, 6.45) is -2.56. The van der Waals surface area contributed by atoms with E-state index >= 15 is 0 Å². The largest absolute Gasteiger partial charge is 0.504 e. The third-order valence-electron chi connectivity index (χ3n) is 4.19. The van der Waals surface area contributed by atoms with E-state index in [1.807, 2.05) is 0 Å². The molecule has 10 nitrogen and oxygen atoms in total. The van der Waals surface area contributed by atoms with Gasteiger partial charge in [-0.1, -0.05) is 11.6 Å². The first-order valence-electron chi connectivity index (χ1n) is 9.18. The van der Waals surface area contributed by atoms with Gasteiger partial charge in [-0.2, -0.15) is 13.2 Å². The molecule has 0 saturated heterocycles. The van der Waals surface area contributed by atoms with Gasteiger partial charge in [-0.05, 0) is 18.2 Å². The Bertz CT molecular complexity index is 1270. The van der Waals surface area contributed by atoms with Gasteiger partial charge in [0.1, 0.15) is 16.2 Å². The summed E-state index contributed by atoms with van der Waals surface area (Å²) in [5.74, 6) is -2.96. The molecule has 0 aliphatic heterocycles. The van der Waals surface area contributed by atoms with Gasteiger partial charge in [-0.25, -0.2) is 15.0 Å². The molecule has 0 unspecified atom stereocenters. The van der Waals surface area contributed by atoms with Crippen molar-refractivity contribution in [1.82, 2.24) is 25.6 Å². The standard InChI is InChI=1S/C19H14ClF3N6O4S/c1-24-17(32)13-15(30)14(28-7-27-13)18(33)26-6-12-25-5-11(34-12)16(31)29-8-2-3-10(20)9(4-8)19(21,22)23/h2-5,7,30H,6H2,1H3,(H,24,32)(H,26,33)(H,29,31). The number of anilines is 1. The molecule has 2 heterocycles. The minimum absolute atomic E-state index is 0.0690. The molecule has 0 radical (unpaired) electrons. The third kappa shape index (κ3) is 5.58. The Labute approximate surface area is 198 Å². The molecule has 0 spiro atoms. The van der Waals surface area contributed by atoms with Crippen LogP contribution in [0.3, 0.4) is 0 Å². The van der Waals surface area contributed by atoms with Crippen LogP contribution in [0.5, 0.6) is 5.75 Å². The summed E-state index contributed by atoms with van der Waals surface area (Å²) in [6.45, 7) is -0.158. The zero-order valence-corrected chi connectivity index (χ0v) is 18.6. The molecule has 3 aromatic rings. The van der Waals surface area contributed by atoms with Gasteiger partial charge in [0.15, 0.2) is 17.1 Å². The van der Waals surface area contributed by atoms with Crippen molar-refractivity contribution in [2.45, 2.75) is 12.7 Å². The molecule has 4 N–H and O–H groups in total. The number of hydrogen-bond donors (Lipinski definition) is 4. The van der Waals surface area contributed by atoms with Crippen molar-refractivity contribution in [2.75, 3.05) is 12.4 Å². The second-order valence-corrected chi connectivity index (χ2v) is 7.97. The van der Waals surface area contributed by atoms with Crippen LogP contribution in [0.4, 0.5) is 18.9 Å². The minimum atomic E-state index is -4.69. The second-order valence-electron chi connectivity index (χ2n) is 6.45. The fourth-order valence-corrected chi connectivity index (χ4v) is 3.56. The highest BCUT2D eigenvalue weighted by atomic mass is 35.5. The fourth-order valence-electron chi connectivity index (χ4n) is 2.58. The van der Waals surface area contributed by atoms with Crippen LogP contribution in [-0.4, -0.2) is 44.8 Å². The number of hydrogen-bond acceptors (Lipinski definition) is 8. The lowest BCUT2D eigenvalue weighted by atomic mass is 10.2. The minimum Gasteiger partial charge on any atom is -0.504 e. The molecular formula is C19H14ClF3N6O4S. The molecule has 178 valence electrons. The maximum atomic E-state index is 13.0. The molecular weight excluding hydrogens is 501 g/mol. The van der Waals surface area contributed by atoms with Crippen LogP contribution >= 0.6 is 22.9 Å². The molecule has 0 aliphatic carbocycles. The van der Waals surface area contributed by atoms with Crippen molar-refractivity contribution in [2.24, 2.45) is 0 Å². The van der Waals surface area contributed by atoms with E-state index in [1.165, 1.54) is 19.3 Å². The first-order valence-corrected chi connectivity index (χ1v) is 10.4. The van der Waals surface area contributed by atoms with Gasteiger partial charge in [-0.15, -0.1) is 11.3 Å². The van der Waals surface area contributed by atoms with Crippen LogP contribution in [0.2, 0.25) is 5.02 Å². The van der Waals surface area contributed by atoms with Crippen LogP contribution in [0, 0.1) is 0 Å². The summed E-state index contributed by atoms with van der Waals surface area (Å²) in [5, 5.41) is 16.9. The molecule has 1 aromatic carbocycles. The van der Waals surface area contributed by atoms with E-state index in [2.05, 4.69) is 30.9 Å². The quantitative estimate of drug-likeness (QED) is 0.395. The topological polar surface area (TPSA) is 146 Å². The van der Waals surface area contributed by atoms with Crippen molar-refractivity contribution in [3.05, 3.63) is 62.6 Å². The summed E-state index contributed by atoms with van der Waals surface area (Å²) < 4.78 is 39.0. The number of aromatic hydroxyl groups is 1. The summed E-state index contributed by atoms with van der Waals surface area (Å²) in [6, 6.07) is 2.95. The number of carbonyl (C=O) groups excluding carboxylic acids is 3. The molecule has 15 heteroatoms. The average Bonchev–Trinajstić information content (AvgIpc) is 3.27. The van der Waals surface area contributed by atoms with Crippen LogP contribution in [0.1, 0.15) is 41.2 Å². The van der Waals surface area contributed by atoms with Gasteiger partial charge in [-0.3, -0.25) is 14.4 Å². The first-order chi connectivity index (χ1) is 16.0. The van der Waals surface area contributed by atoms with E-state index < -0.39 is 45.9 Å². The van der Waals surface area contributed by atoms with Gasteiger partial charge in [0.05, 0.1) is 23.3 Å². The number of halogens is 4. The highest BCUT2D eigenvalue weighted by Crippen LogP contribution is 2.36. The Morgan fingerprint density at radius 2 is 1.76 bits per heavy atom. The predicted molar refractivity (Wildman–Crippen MR) is 115 cm³/mol. The highest BCUT2D eigenvalue weighted by Gasteiger charge is 2.33. The molecule has 3 amide bonds. The van der Waals surface area contributed by atoms with Crippen molar-refractivity contribution in [3.8, 4) is 5.75 Å². The smallest absolute Gasteiger partial charge is 0.417 e. The Balaban J connectivity index is 1.66. The molecule has 0 bridgehead atoms. The molecule has 2 aromatic heterocycles. The average molecular weight is 515 g/mol. The first kappa shape index (κ1) is 24.9. The maximum absolute atomic E-state index is 13.0. The lowest BCUT2D eigenvalue weighted by Crippen LogP contribution is -2.26. The van der Waals surface area contributed by atoms with Gasteiger partial charge in [0, 0.05) is 12.7 Å². The third-order valence-corrected chi connectivity index (χ3v) is 5.51. The Hall–Kier alpha value is -3.78. The van der Waals surface area contributed by atoms with E-state index in [1.54, 1.807) is 0 Å². The van der Waals surface area contributed by atoms with E-state index in [-0.39, 0.29) is 27.8 Å². The summed E-state index contributed by atoms with van der Waals surface area (Å²) in [5.41, 5.74) is -2.03. The Kier molecular flexibility index (Phi) is 7.32. The SMILES string of the molecule is CNC(=O)c1ncnc(C(=O)NCc2ncc(C(=O)Nc3ccc(Cl)c(C(F)(F)F)c3)s2)c1O. The van der Waals surface area contributed by atoms with Crippen LogP contribution in [0.25, 0.3) is 0 Å². The second kappa shape index (κ2) is 10.0. The number of alkyl halides is 3. The number of nitrogens with zero attached hydrogens (tertiary/aromatic N) is 3. The van der Waals surface area contributed by atoms with Gasteiger partial charge in [0.2, 0.25) is 0 Å². The number of benzene rings is 1. The van der Waals surface area contributed by atoms with E-state index in [0.717, 1.165) is 23.7 Å². The molecule has 34 heavy (non-hydrogen) atoms. The molecule has 0 aliphatic rings. The van der Waals surface area contributed by atoms with Gasteiger partial charge < -0.3 is 21.1 Å². The highest BCUT2D eigenvalue weighted by molar-refractivity contribution is 7.13. The van der Waals surface area contributed by atoms with E-state index in [0.29, 0.717) is 6.07 Å². The van der Waals surface area contributed by atoms with Gasteiger partial charge in [0.25, 0.3) is 17.7 Å². The molecule has 0 atom stereocenters. The van der Waals surface area contributed by atoms with E-state index in [4.69, 9.17) is 11.6 Å². The number of thiazole rings is 1. The summed E-state index contributed by atoms with van der Waals surface area (Å²) in [7, 11) is 1.32. The summed E-state index contributed by atoms with van der Waals surface area (Å²) in [4.78, 5) is 47.7. The number of amides is 3. The number of rotatable bonds is 6.